The van der Waals surface area contributed by atoms with E-state index in [4.69, 9.17) is 48.4 Å². The van der Waals surface area contributed by atoms with Crippen LogP contribution in [0.25, 0.3) is 10.8 Å². The molecule has 5 rings (SSSR count). The molecule has 0 bridgehead atoms. The van der Waals surface area contributed by atoms with Gasteiger partial charge in [0.05, 0.1) is 46.9 Å². The Morgan fingerprint density at radius 3 is 2.16 bits per heavy atom. The van der Waals surface area contributed by atoms with Crippen molar-refractivity contribution in [3.05, 3.63) is 75.3 Å². The first-order valence-electron chi connectivity index (χ1n) is 19.3. The van der Waals surface area contributed by atoms with Crippen molar-refractivity contribution in [3.8, 4) is 11.8 Å². The van der Waals surface area contributed by atoms with Gasteiger partial charge in [0.2, 0.25) is 15.9 Å². The molecule has 0 radical (unpaired) electrons. The third kappa shape index (κ3) is 11.5. The molecule has 0 spiro atoms. The molecule has 2 aliphatic rings. The summed E-state index contributed by atoms with van der Waals surface area (Å²) in [6, 6.07) is 16.8. The van der Waals surface area contributed by atoms with Crippen molar-refractivity contribution in [2.24, 2.45) is 0 Å². The van der Waals surface area contributed by atoms with E-state index in [9.17, 15) is 37.7 Å². The zero-order valence-corrected chi connectivity index (χ0v) is 36.2. The maximum atomic E-state index is 14.2. The first-order chi connectivity index (χ1) is 28.7. The number of sulfonamides is 1. The van der Waals surface area contributed by atoms with Gasteiger partial charge in [-0.15, -0.1) is 0 Å². The van der Waals surface area contributed by atoms with Crippen LogP contribution in [0.4, 0.5) is 0 Å². The Balaban J connectivity index is 0.000000544. The van der Waals surface area contributed by atoms with Gasteiger partial charge < -0.3 is 40.3 Å². The van der Waals surface area contributed by atoms with E-state index >= 15 is 0 Å². The molecule has 330 valence electrons. The summed E-state index contributed by atoms with van der Waals surface area (Å²) in [4.78, 5) is 61.8. The number of amides is 2. The Hall–Kier alpha value is -5.03. The number of nitrogens with zero attached hydrogens (tertiary/aromatic N) is 4. The van der Waals surface area contributed by atoms with Gasteiger partial charge in [-0.3, -0.25) is 19.2 Å². The average Bonchev–Trinajstić information content (AvgIpc) is 3.21. The minimum Gasteiger partial charge on any atom is -0.495 e. The molecule has 3 aromatic rings. The molecule has 3 aromatic carbocycles. The first-order valence-corrected chi connectivity index (χ1v) is 21.6. The number of hydrogen-bond donors (Lipinski definition) is 5. The number of nitriles is 1. The Kier molecular flexibility index (Phi) is 16.5. The highest BCUT2D eigenvalue weighted by Crippen LogP contribution is 2.37. The van der Waals surface area contributed by atoms with Crippen molar-refractivity contribution in [1.82, 2.24) is 19.4 Å². The van der Waals surface area contributed by atoms with Crippen molar-refractivity contribution in [2.45, 2.75) is 62.0 Å². The summed E-state index contributed by atoms with van der Waals surface area (Å²) in [6.45, 7) is 2.44. The van der Waals surface area contributed by atoms with Gasteiger partial charge in [0.15, 0.2) is 5.60 Å². The Bertz CT molecular complexity index is 2280. The van der Waals surface area contributed by atoms with Crippen LogP contribution in [0.1, 0.15) is 72.3 Å². The van der Waals surface area contributed by atoms with Crippen molar-refractivity contribution < 1.29 is 57.6 Å². The highest BCUT2D eigenvalue weighted by Gasteiger charge is 2.51. The van der Waals surface area contributed by atoms with Gasteiger partial charge in [-0.2, -0.15) is 9.57 Å². The molecule has 2 aliphatic heterocycles. The molecule has 0 aromatic heterocycles. The number of carboxylic acids is 3. The lowest BCUT2D eigenvalue weighted by atomic mass is 9.85. The summed E-state index contributed by atoms with van der Waals surface area (Å²) < 4.78 is 33.2. The van der Waals surface area contributed by atoms with E-state index in [-0.39, 0.29) is 34.8 Å². The van der Waals surface area contributed by atoms with Gasteiger partial charge in [0, 0.05) is 46.2 Å². The molecule has 20 heteroatoms. The van der Waals surface area contributed by atoms with Crippen molar-refractivity contribution in [3.63, 3.8) is 0 Å². The summed E-state index contributed by atoms with van der Waals surface area (Å²) in [5, 5.41) is 48.7. The number of piperidine rings is 1. The normalized spacial score (nSPS) is 16.9. The number of rotatable bonds is 15. The highest BCUT2D eigenvalue weighted by atomic mass is 35.5. The molecule has 5 N–H and O–H groups in total. The summed E-state index contributed by atoms with van der Waals surface area (Å²) in [5.74, 6) is -5.39. The number of hydrogen-bond acceptors (Lipinski definition) is 11. The monoisotopic (exact) mass is 905 g/mol. The fourth-order valence-electron chi connectivity index (χ4n) is 7.86. The minimum absolute atomic E-state index is 0.0650. The number of nitrogens with one attached hydrogen (secondary N) is 1. The third-order valence-electron chi connectivity index (χ3n) is 11.0. The molecule has 2 heterocycles. The zero-order valence-electron chi connectivity index (χ0n) is 33.9. The SMILES string of the molecule is CNC(=O)C1(N2CCCCS2(=O)=O)CCN(CCC(CN(C)C(=O)c2c(OC)c(C#N)cc3ccccc23)c2ccc(Cl)c(Cl)c2)CC1.O=C(O)CC(O)(CC(=O)O)C(=O)O. The number of carbonyl (C=O) groups excluding carboxylic acids is 2. The van der Waals surface area contributed by atoms with Crippen LogP contribution < -0.4 is 10.1 Å². The average molecular weight is 907 g/mol. The number of likely N-dealkylation sites (N-methyl/N-ethyl adjacent to an activating group) is 2. The van der Waals surface area contributed by atoms with Gasteiger partial charge in [0.25, 0.3) is 5.91 Å². The van der Waals surface area contributed by atoms with E-state index in [2.05, 4.69) is 16.3 Å². The molecule has 61 heavy (non-hydrogen) atoms. The van der Waals surface area contributed by atoms with Crippen LogP contribution in [0.3, 0.4) is 0 Å². The van der Waals surface area contributed by atoms with E-state index in [1.807, 2.05) is 36.4 Å². The van der Waals surface area contributed by atoms with Gasteiger partial charge in [-0.1, -0.05) is 53.5 Å². The quantitative estimate of drug-likeness (QED) is 0.144. The van der Waals surface area contributed by atoms with Gasteiger partial charge in [-0.25, -0.2) is 13.2 Å². The number of aliphatic hydroxyl groups is 1. The number of fused-ring (bicyclic) bond motifs is 1. The number of likely N-dealkylation sites (tertiary alicyclic amines) is 1. The van der Waals surface area contributed by atoms with Crippen molar-refractivity contribution in [1.29, 1.82) is 5.26 Å². The predicted octanol–water partition coefficient (Wildman–Crippen LogP) is 4.03. The zero-order chi connectivity index (χ0) is 45.3. The smallest absolute Gasteiger partial charge is 0.336 e. The van der Waals surface area contributed by atoms with E-state index in [0.717, 1.165) is 17.4 Å². The van der Waals surface area contributed by atoms with Gasteiger partial charge in [-0.05, 0) is 73.2 Å². The second-order valence-corrected chi connectivity index (χ2v) is 17.9. The van der Waals surface area contributed by atoms with E-state index in [1.54, 1.807) is 31.1 Å². The fourth-order valence-corrected chi connectivity index (χ4v) is 10.2. The summed E-state index contributed by atoms with van der Waals surface area (Å²) in [6.07, 6.45) is 0.494. The second kappa shape index (κ2) is 20.7. The van der Waals surface area contributed by atoms with Crippen LogP contribution in [0, 0.1) is 11.3 Å². The van der Waals surface area contributed by atoms with Crippen LogP contribution in [-0.4, -0.2) is 143 Å². The van der Waals surface area contributed by atoms with Crippen LogP contribution in [0.2, 0.25) is 10.0 Å². The van der Waals surface area contributed by atoms with Crippen molar-refractivity contribution >= 4 is 73.7 Å². The van der Waals surface area contributed by atoms with E-state index < -0.39 is 51.9 Å². The van der Waals surface area contributed by atoms with E-state index in [0.29, 0.717) is 79.4 Å². The molecule has 0 saturated carbocycles. The number of ether oxygens (including phenoxy) is 1. The highest BCUT2D eigenvalue weighted by molar-refractivity contribution is 7.89. The molecule has 2 saturated heterocycles. The lowest BCUT2D eigenvalue weighted by Crippen LogP contribution is -2.65. The molecule has 2 fully saturated rings. The lowest BCUT2D eigenvalue weighted by molar-refractivity contribution is -0.170. The third-order valence-corrected chi connectivity index (χ3v) is 13.8. The largest absolute Gasteiger partial charge is 0.495 e. The topological polar surface area (TPSA) is 255 Å². The Morgan fingerprint density at radius 2 is 1.62 bits per heavy atom. The fraction of sp³-hybridized carbons (Fsp3) is 0.463. The molecular weight excluding hydrogens is 857 g/mol. The molecule has 1 atom stereocenters. The number of methoxy groups -OCH3 is 1. The lowest BCUT2D eigenvalue weighted by Gasteiger charge is -2.47. The second-order valence-electron chi connectivity index (χ2n) is 15.0. The number of halogens is 2. The maximum absolute atomic E-state index is 14.2. The summed E-state index contributed by atoms with van der Waals surface area (Å²) >= 11 is 12.7. The van der Waals surface area contributed by atoms with E-state index in [1.165, 1.54) is 11.4 Å². The summed E-state index contributed by atoms with van der Waals surface area (Å²) in [7, 11) is 1.22. The van der Waals surface area contributed by atoms with Crippen LogP contribution in [0.15, 0.2) is 48.5 Å². The van der Waals surface area contributed by atoms with Gasteiger partial charge >= 0.3 is 17.9 Å². The molecule has 1 unspecified atom stereocenters. The Labute approximate surface area is 363 Å². The summed E-state index contributed by atoms with van der Waals surface area (Å²) in [5.41, 5.74) is -2.30. The molecule has 0 aliphatic carbocycles. The van der Waals surface area contributed by atoms with Crippen LogP contribution in [0.5, 0.6) is 5.75 Å². The molecule has 17 nitrogen and oxygen atoms in total. The first kappa shape index (κ1) is 48.6. The van der Waals surface area contributed by atoms with Crippen LogP contribution in [-0.2, 0) is 29.2 Å². The maximum Gasteiger partial charge on any atom is 0.336 e. The molecule has 2 amide bonds. The minimum atomic E-state index is -3.53. The standard InChI is InChI=1S/C35H41Cl2N5O5S.C6H8O7/c1-39-34(44)35(42-15-6-7-19-48(42,45)46)13-17-41(18-14-35)16-12-26(24-10-11-29(36)30(37)21-24)23-40(2)33(43)31-28-9-5-4-8-25(28)20-27(22-38)32(31)47-3;7-3(8)1-6(13,5(11)12)2-4(9)10/h4-5,8-11,20-21,26H,6-7,12-19,23H2,1-3H3,(H,39,44);13H,1-2H2,(H,7,8)(H,9,10)(H,11,12). The number of benzene rings is 3. The number of carbonyl (C=O) groups is 5. The number of carboxylic acid groups (broad SMARTS) is 3. The van der Waals surface area contributed by atoms with Crippen molar-refractivity contribution in [2.75, 3.05) is 59.7 Å². The van der Waals surface area contributed by atoms with Crippen LogP contribution >= 0.6 is 23.2 Å². The predicted molar refractivity (Wildman–Crippen MR) is 225 cm³/mol. The van der Waals surface area contributed by atoms with Gasteiger partial charge in [0.1, 0.15) is 17.4 Å². The number of aliphatic carboxylic acids is 3. The Morgan fingerprint density at radius 1 is 0.984 bits per heavy atom. The molecular formula is C41H49Cl2N5O12S.